The number of anilines is 1. The smallest absolute Gasteiger partial charge is 0.225 e. The molecule has 5 nitrogen and oxygen atoms in total. The highest BCUT2D eigenvalue weighted by Gasteiger charge is 2.04. The second kappa shape index (κ2) is 10.4. The van der Waals surface area contributed by atoms with Crippen LogP contribution in [0.3, 0.4) is 0 Å². The maximum atomic E-state index is 12.0. The van der Waals surface area contributed by atoms with E-state index >= 15 is 0 Å². The van der Waals surface area contributed by atoms with Crippen LogP contribution >= 0.6 is 0 Å². The van der Waals surface area contributed by atoms with Crippen molar-refractivity contribution in [1.82, 2.24) is 5.32 Å². The van der Waals surface area contributed by atoms with Crippen LogP contribution in [0.1, 0.15) is 18.9 Å². The standard InChI is InChI=1S/C20H26N2O3/c1-3-25-18-10-8-17(9-11-18)22-20(23)13-15-21-14-12-16-6-4-5-7-19(16)24-2/h4-11,21H,3,12-15H2,1-2H3,(H,22,23). The van der Waals surface area contributed by atoms with Gasteiger partial charge >= 0.3 is 0 Å². The van der Waals surface area contributed by atoms with Gasteiger partial charge in [0.1, 0.15) is 11.5 Å². The Hall–Kier alpha value is -2.53. The highest BCUT2D eigenvalue weighted by Crippen LogP contribution is 2.17. The summed E-state index contributed by atoms with van der Waals surface area (Å²) in [6.45, 7) is 4.01. The van der Waals surface area contributed by atoms with Crippen LogP contribution in [0.5, 0.6) is 11.5 Å². The molecule has 0 atom stereocenters. The van der Waals surface area contributed by atoms with Crippen molar-refractivity contribution in [3.8, 4) is 11.5 Å². The largest absolute Gasteiger partial charge is 0.496 e. The second-order valence-electron chi connectivity index (χ2n) is 5.57. The lowest BCUT2D eigenvalue weighted by molar-refractivity contribution is -0.116. The van der Waals surface area contributed by atoms with E-state index in [-0.39, 0.29) is 5.91 Å². The molecule has 1 amide bonds. The van der Waals surface area contributed by atoms with Gasteiger partial charge in [0.25, 0.3) is 0 Å². The van der Waals surface area contributed by atoms with E-state index < -0.39 is 0 Å². The molecule has 0 radical (unpaired) electrons. The fourth-order valence-corrected chi connectivity index (χ4v) is 2.48. The van der Waals surface area contributed by atoms with Crippen molar-refractivity contribution in [3.63, 3.8) is 0 Å². The second-order valence-corrected chi connectivity index (χ2v) is 5.57. The van der Waals surface area contributed by atoms with Crippen molar-refractivity contribution in [3.05, 3.63) is 54.1 Å². The molecule has 0 aromatic heterocycles. The zero-order valence-electron chi connectivity index (χ0n) is 14.9. The highest BCUT2D eigenvalue weighted by atomic mass is 16.5. The molecule has 134 valence electrons. The van der Waals surface area contributed by atoms with Crippen LogP contribution in [0.2, 0.25) is 0 Å². The number of carbonyl (C=O) groups is 1. The molecular formula is C20H26N2O3. The van der Waals surface area contributed by atoms with Crippen LogP contribution in [0.15, 0.2) is 48.5 Å². The summed E-state index contributed by atoms with van der Waals surface area (Å²) in [5.41, 5.74) is 1.94. The number of hydrogen-bond acceptors (Lipinski definition) is 4. The summed E-state index contributed by atoms with van der Waals surface area (Å²) in [5, 5.41) is 6.17. The van der Waals surface area contributed by atoms with Crippen LogP contribution < -0.4 is 20.1 Å². The minimum absolute atomic E-state index is 0.00560. The Morgan fingerprint density at radius 1 is 1.04 bits per heavy atom. The Morgan fingerprint density at radius 3 is 2.52 bits per heavy atom. The van der Waals surface area contributed by atoms with Gasteiger partial charge in [-0.25, -0.2) is 0 Å². The lowest BCUT2D eigenvalue weighted by atomic mass is 10.1. The highest BCUT2D eigenvalue weighted by molar-refractivity contribution is 5.90. The lowest BCUT2D eigenvalue weighted by Crippen LogP contribution is -2.23. The van der Waals surface area contributed by atoms with Crippen molar-refractivity contribution >= 4 is 11.6 Å². The van der Waals surface area contributed by atoms with Gasteiger partial charge in [-0.05, 0) is 55.8 Å². The zero-order valence-corrected chi connectivity index (χ0v) is 14.9. The molecule has 0 aliphatic rings. The minimum Gasteiger partial charge on any atom is -0.496 e. The maximum Gasteiger partial charge on any atom is 0.225 e. The number of methoxy groups -OCH3 is 1. The number of amides is 1. The van der Waals surface area contributed by atoms with Crippen LogP contribution in [0, 0.1) is 0 Å². The lowest BCUT2D eigenvalue weighted by Gasteiger charge is -2.09. The van der Waals surface area contributed by atoms with Crippen LogP contribution in [0.4, 0.5) is 5.69 Å². The summed E-state index contributed by atoms with van der Waals surface area (Å²) >= 11 is 0. The molecule has 0 heterocycles. The summed E-state index contributed by atoms with van der Waals surface area (Å²) in [7, 11) is 1.68. The van der Waals surface area contributed by atoms with Gasteiger partial charge in [-0.15, -0.1) is 0 Å². The summed E-state index contributed by atoms with van der Waals surface area (Å²) in [5.74, 6) is 1.70. The third-order valence-corrected chi connectivity index (χ3v) is 3.74. The van der Waals surface area contributed by atoms with E-state index in [0.717, 1.165) is 35.7 Å². The molecule has 0 unspecified atom stereocenters. The Morgan fingerprint density at radius 2 is 1.80 bits per heavy atom. The normalized spacial score (nSPS) is 10.3. The predicted octanol–water partition coefficient (Wildman–Crippen LogP) is 3.25. The molecule has 0 saturated carbocycles. The van der Waals surface area contributed by atoms with E-state index in [2.05, 4.69) is 16.7 Å². The van der Waals surface area contributed by atoms with Crippen molar-refractivity contribution in [2.75, 3.05) is 32.1 Å². The molecule has 0 aliphatic heterocycles. The first-order valence-electron chi connectivity index (χ1n) is 8.58. The molecule has 0 aliphatic carbocycles. The van der Waals surface area contributed by atoms with E-state index in [1.165, 1.54) is 0 Å². The first-order valence-corrected chi connectivity index (χ1v) is 8.58. The van der Waals surface area contributed by atoms with Crippen LogP contribution in [0.25, 0.3) is 0 Å². The SMILES string of the molecule is CCOc1ccc(NC(=O)CCNCCc2ccccc2OC)cc1. The van der Waals surface area contributed by atoms with E-state index in [1.807, 2.05) is 49.4 Å². The molecule has 0 bridgehead atoms. The van der Waals surface area contributed by atoms with Gasteiger partial charge in [0.15, 0.2) is 0 Å². The number of rotatable bonds is 10. The molecule has 5 heteroatoms. The van der Waals surface area contributed by atoms with Gasteiger partial charge < -0.3 is 20.1 Å². The summed E-state index contributed by atoms with van der Waals surface area (Å²) in [6, 6.07) is 15.4. The fourth-order valence-electron chi connectivity index (χ4n) is 2.48. The predicted molar refractivity (Wildman–Crippen MR) is 100 cm³/mol. The average molecular weight is 342 g/mol. The van der Waals surface area contributed by atoms with E-state index in [4.69, 9.17) is 9.47 Å². The molecule has 0 saturated heterocycles. The van der Waals surface area contributed by atoms with Gasteiger partial charge in [-0.1, -0.05) is 18.2 Å². The topological polar surface area (TPSA) is 59.6 Å². The quantitative estimate of drug-likeness (QED) is 0.651. The monoisotopic (exact) mass is 342 g/mol. The van der Waals surface area contributed by atoms with E-state index in [0.29, 0.717) is 19.6 Å². The van der Waals surface area contributed by atoms with Gasteiger partial charge in [0, 0.05) is 18.7 Å². The van der Waals surface area contributed by atoms with Gasteiger partial charge in [-0.2, -0.15) is 0 Å². The van der Waals surface area contributed by atoms with Crippen molar-refractivity contribution in [2.24, 2.45) is 0 Å². The number of hydrogen-bond donors (Lipinski definition) is 2. The Labute approximate surface area is 149 Å². The number of nitrogens with one attached hydrogen (secondary N) is 2. The number of ether oxygens (including phenoxy) is 2. The summed E-state index contributed by atoms with van der Waals surface area (Å²) in [4.78, 5) is 12.0. The Kier molecular flexibility index (Phi) is 7.79. The third-order valence-electron chi connectivity index (χ3n) is 3.74. The number of para-hydroxylation sites is 1. The fraction of sp³-hybridized carbons (Fsp3) is 0.350. The molecular weight excluding hydrogens is 316 g/mol. The zero-order chi connectivity index (χ0) is 17.9. The molecule has 2 aromatic rings. The number of carbonyl (C=O) groups excluding carboxylic acids is 1. The molecule has 25 heavy (non-hydrogen) atoms. The van der Waals surface area contributed by atoms with Crippen LogP contribution in [-0.4, -0.2) is 32.7 Å². The van der Waals surface area contributed by atoms with Crippen molar-refractivity contribution in [1.29, 1.82) is 0 Å². The first-order chi connectivity index (χ1) is 12.2. The van der Waals surface area contributed by atoms with Crippen molar-refractivity contribution in [2.45, 2.75) is 19.8 Å². The maximum absolute atomic E-state index is 12.0. The summed E-state index contributed by atoms with van der Waals surface area (Å²) < 4.78 is 10.7. The van der Waals surface area contributed by atoms with E-state index in [9.17, 15) is 4.79 Å². The Bertz CT molecular complexity index is 656. The third kappa shape index (κ3) is 6.47. The number of benzene rings is 2. The molecule has 0 fully saturated rings. The van der Waals surface area contributed by atoms with Gasteiger partial charge in [-0.3, -0.25) is 4.79 Å². The minimum atomic E-state index is -0.00560. The average Bonchev–Trinajstić information content (AvgIpc) is 2.63. The van der Waals surface area contributed by atoms with Gasteiger partial charge in [0.05, 0.1) is 13.7 Å². The van der Waals surface area contributed by atoms with Crippen molar-refractivity contribution < 1.29 is 14.3 Å². The van der Waals surface area contributed by atoms with Crippen LogP contribution in [-0.2, 0) is 11.2 Å². The van der Waals surface area contributed by atoms with E-state index in [1.54, 1.807) is 7.11 Å². The Balaban J connectivity index is 1.65. The first kappa shape index (κ1) is 18.8. The summed E-state index contributed by atoms with van der Waals surface area (Å²) in [6.07, 6.45) is 1.30. The molecule has 2 N–H and O–H groups in total. The molecule has 2 aromatic carbocycles. The molecule has 0 spiro atoms. The van der Waals surface area contributed by atoms with Gasteiger partial charge in [0.2, 0.25) is 5.91 Å². The molecule has 2 rings (SSSR count).